The lowest BCUT2D eigenvalue weighted by molar-refractivity contribution is 0.0962. The predicted octanol–water partition coefficient (Wildman–Crippen LogP) is 2.48. The van der Waals surface area contributed by atoms with E-state index in [2.05, 4.69) is 16.0 Å². The summed E-state index contributed by atoms with van der Waals surface area (Å²) in [5.74, 6) is -0.368. The van der Waals surface area contributed by atoms with Crippen molar-refractivity contribution in [2.75, 3.05) is 5.43 Å². The Morgan fingerprint density at radius 2 is 2.17 bits per heavy atom. The van der Waals surface area contributed by atoms with Gasteiger partial charge in [-0.1, -0.05) is 29.3 Å². The van der Waals surface area contributed by atoms with Gasteiger partial charge in [-0.25, -0.2) is 0 Å². The van der Waals surface area contributed by atoms with Crippen LogP contribution in [0, 0.1) is 0 Å². The zero-order valence-electron chi connectivity index (χ0n) is 9.45. The van der Waals surface area contributed by atoms with E-state index in [0.29, 0.717) is 16.3 Å². The number of benzene rings is 1. The molecule has 0 aliphatic heterocycles. The fourth-order valence-electron chi connectivity index (χ4n) is 1.38. The van der Waals surface area contributed by atoms with Gasteiger partial charge in [0, 0.05) is 18.3 Å². The lowest BCUT2D eigenvalue weighted by atomic mass is 10.3. The smallest absolute Gasteiger partial charge is 0.274 e. The zero-order valence-corrected chi connectivity index (χ0v) is 11.0. The van der Waals surface area contributed by atoms with Crippen LogP contribution in [0.25, 0.3) is 0 Å². The number of nitrogens with one attached hydrogen (secondary N) is 2. The van der Waals surface area contributed by atoms with Crippen molar-refractivity contribution in [2.24, 2.45) is 7.05 Å². The fourth-order valence-corrected chi connectivity index (χ4v) is 1.82. The third-order valence-electron chi connectivity index (χ3n) is 2.17. The lowest BCUT2D eigenvalue weighted by Gasteiger charge is -2.07. The van der Waals surface area contributed by atoms with Gasteiger partial charge in [-0.2, -0.15) is 5.10 Å². The van der Waals surface area contributed by atoms with Crippen LogP contribution < -0.4 is 10.9 Å². The van der Waals surface area contributed by atoms with Crippen molar-refractivity contribution in [1.82, 2.24) is 15.2 Å². The second kappa shape index (κ2) is 5.29. The summed E-state index contributed by atoms with van der Waals surface area (Å²) in [7, 11) is 1.69. The van der Waals surface area contributed by atoms with Crippen molar-refractivity contribution >= 4 is 34.8 Å². The maximum Gasteiger partial charge on any atom is 0.274 e. The molecule has 94 valence electrons. The van der Waals surface area contributed by atoms with Crippen LogP contribution in [0.15, 0.2) is 30.5 Å². The van der Waals surface area contributed by atoms with Gasteiger partial charge in [-0.05, 0) is 18.2 Å². The number of hydrazine groups is 1. The van der Waals surface area contributed by atoms with Crippen molar-refractivity contribution in [1.29, 1.82) is 0 Å². The molecule has 0 bridgehead atoms. The van der Waals surface area contributed by atoms with E-state index < -0.39 is 0 Å². The van der Waals surface area contributed by atoms with Crippen LogP contribution in [0.4, 0.5) is 5.69 Å². The lowest BCUT2D eigenvalue weighted by Crippen LogP contribution is -2.29. The Morgan fingerprint density at radius 1 is 1.39 bits per heavy atom. The standard InChI is InChI=1S/C11H10Cl2N4O/c1-17-6-9(10(13)16-17)11(18)15-14-8-4-2-3-7(12)5-8/h2-6,14H,1H3,(H,15,18). The molecule has 1 aromatic heterocycles. The molecule has 2 N–H and O–H groups in total. The molecule has 0 aliphatic rings. The van der Waals surface area contributed by atoms with Crippen molar-refractivity contribution in [3.8, 4) is 0 Å². The van der Waals surface area contributed by atoms with Gasteiger partial charge in [0.05, 0.1) is 11.3 Å². The second-order valence-electron chi connectivity index (χ2n) is 3.60. The highest BCUT2D eigenvalue weighted by atomic mass is 35.5. The number of anilines is 1. The Balaban J connectivity index is 2.03. The highest BCUT2D eigenvalue weighted by Gasteiger charge is 2.13. The third-order valence-corrected chi connectivity index (χ3v) is 2.69. The first kappa shape index (κ1) is 12.7. The first-order valence-corrected chi connectivity index (χ1v) is 5.83. The van der Waals surface area contributed by atoms with Gasteiger partial charge in [0.25, 0.3) is 5.91 Å². The van der Waals surface area contributed by atoms with Gasteiger partial charge in [0.1, 0.15) is 0 Å². The molecular weight excluding hydrogens is 275 g/mol. The molecular formula is C11H10Cl2N4O. The third kappa shape index (κ3) is 2.94. The van der Waals surface area contributed by atoms with E-state index in [1.807, 2.05) is 0 Å². The van der Waals surface area contributed by atoms with E-state index in [1.54, 1.807) is 31.3 Å². The van der Waals surface area contributed by atoms with Crippen LogP contribution in [0.5, 0.6) is 0 Å². The summed E-state index contributed by atoms with van der Waals surface area (Å²) in [6.45, 7) is 0. The number of nitrogens with zero attached hydrogens (tertiary/aromatic N) is 2. The van der Waals surface area contributed by atoms with Gasteiger partial charge >= 0.3 is 0 Å². The number of aryl methyl sites for hydroxylation is 1. The van der Waals surface area contributed by atoms with E-state index in [1.165, 1.54) is 10.9 Å². The number of amides is 1. The molecule has 7 heteroatoms. The predicted molar refractivity (Wildman–Crippen MR) is 70.8 cm³/mol. The first-order valence-electron chi connectivity index (χ1n) is 5.07. The van der Waals surface area contributed by atoms with Crippen molar-refractivity contribution in [2.45, 2.75) is 0 Å². The largest absolute Gasteiger partial charge is 0.298 e. The summed E-state index contributed by atoms with van der Waals surface area (Å²) in [5.41, 5.74) is 6.23. The molecule has 0 fully saturated rings. The van der Waals surface area contributed by atoms with Crippen molar-refractivity contribution in [3.63, 3.8) is 0 Å². The van der Waals surface area contributed by atoms with Crippen LogP contribution in [-0.2, 0) is 7.05 Å². The maximum absolute atomic E-state index is 11.8. The van der Waals surface area contributed by atoms with Crippen LogP contribution in [-0.4, -0.2) is 15.7 Å². The molecule has 0 atom stereocenters. The molecule has 0 unspecified atom stereocenters. The van der Waals surface area contributed by atoms with Crippen molar-refractivity contribution in [3.05, 3.63) is 46.2 Å². The number of carbonyl (C=O) groups excluding carboxylic acids is 1. The number of carbonyl (C=O) groups is 1. The molecule has 5 nitrogen and oxygen atoms in total. The number of hydrogen-bond donors (Lipinski definition) is 2. The molecule has 0 aliphatic carbocycles. The highest BCUT2D eigenvalue weighted by molar-refractivity contribution is 6.32. The molecule has 0 saturated carbocycles. The Bertz CT molecular complexity index is 582. The molecule has 18 heavy (non-hydrogen) atoms. The number of aromatic nitrogens is 2. The second-order valence-corrected chi connectivity index (χ2v) is 4.39. The van der Waals surface area contributed by atoms with Gasteiger partial charge in [0.15, 0.2) is 5.15 Å². The van der Waals surface area contributed by atoms with E-state index in [9.17, 15) is 4.79 Å². The van der Waals surface area contributed by atoms with Gasteiger partial charge in [-0.3, -0.25) is 20.3 Å². The van der Waals surface area contributed by atoms with E-state index >= 15 is 0 Å². The van der Waals surface area contributed by atoms with E-state index in [4.69, 9.17) is 23.2 Å². The molecule has 0 saturated heterocycles. The summed E-state index contributed by atoms with van der Waals surface area (Å²) in [6, 6.07) is 6.98. The molecule has 1 aromatic carbocycles. The maximum atomic E-state index is 11.8. The Labute approximate surface area is 114 Å². The van der Waals surface area contributed by atoms with Crippen LogP contribution in [0.3, 0.4) is 0 Å². The SMILES string of the molecule is Cn1cc(C(=O)NNc2cccc(Cl)c2)c(Cl)n1. The van der Waals surface area contributed by atoms with Crippen LogP contribution in [0.2, 0.25) is 10.2 Å². The van der Waals surface area contributed by atoms with Crippen LogP contribution >= 0.6 is 23.2 Å². The quantitative estimate of drug-likeness (QED) is 0.852. The summed E-state index contributed by atoms with van der Waals surface area (Å²) in [6.07, 6.45) is 1.54. The van der Waals surface area contributed by atoms with Gasteiger partial charge in [0.2, 0.25) is 0 Å². The average molecular weight is 285 g/mol. The Kier molecular flexibility index (Phi) is 3.74. The van der Waals surface area contributed by atoms with Gasteiger partial charge in [-0.15, -0.1) is 0 Å². The molecule has 2 aromatic rings. The summed E-state index contributed by atoms with van der Waals surface area (Å²) >= 11 is 11.6. The minimum atomic E-state index is -0.368. The first-order chi connectivity index (χ1) is 8.56. The number of rotatable bonds is 3. The molecule has 0 radical (unpaired) electrons. The minimum Gasteiger partial charge on any atom is -0.298 e. The van der Waals surface area contributed by atoms with Gasteiger partial charge < -0.3 is 0 Å². The Hall–Kier alpha value is -1.72. The normalized spacial score (nSPS) is 10.2. The topological polar surface area (TPSA) is 59.0 Å². The minimum absolute atomic E-state index is 0.155. The summed E-state index contributed by atoms with van der Waals surface area (Å²) in [4.78, 5) is 11.8. The molecule has 0 spiro atoms. The zero-order chi connectivity index (χ0) is 13.1. The van der Waals surface area contributed by atoms with E-state index in [-0.39, 0.29) is 11.1 Å². The molecule has 1 amide bonds. The summed E-state index contributed by atoms with van der Waals surface area (Å²) in [5, 5.41) is 4.61. The van der Waals surface area contributed by atoms with E-state index in [0.717, 1.165) is 0 Å². The van der Waals surface area contributed by atoms with Crippen molar-refractivity contribution < 1.29 is 4.79 Å². The Morgan fingerprint density at radius 3 is 2.78 bits per heavy atom. The van der Waals surface area contributed by atoms with Crippen LogP contribution in [0.1, 0.15) is 10.4 Å². The number of halogens is 2. The average Bonchev–Trinajstić information content (AvgIpc) is 2.66. The monoisotopic (exact) mass is 284 g/mol. The molecule has 1 heterocycles. The highest BCUT2D eigenvalue weighted by Crippen LogP contribution is 2.15. The summed E-state index contributed by atoms with van der Waals surface area (Å²) < 4.78 is 1.47. The fraction of sp³-hybridized carbons (Fsp3) is 0.0909. The number of hydrogen-bond acceptors (Lipinski definition) is 3. The molecule has 2 rings (SSSR count).